The van der Waals surface area contributed by atoms with E-state index in [4.69, 9.17) is 4.74 Å². The van der Waals surface area contributed by atoms with Gasteiger partial charge in [0.1, 0.15) is 5.75 Å². The van der Waals surface area contributed by atoms with Crippen molar-refractivity contribution in [2.24, 2.45) is 5.41 Å². The van der Waals surface area contributed by atoms with Gasteiger partial charge in [0.25, 0.3) is 0 Å². The summed E-state index contributed by atoms with van der Waals surface area (Å²) in [6.07, 6.45) is 8.33. The summed E-state index contributed by atoms with van der Waals surface area (Å²) in [4.78, 5) is 0. The van der Waals surface area contributed by atoms with E-state index in [9.17, 15) is 0 Å². The van der Waals surface area contributed by atoms with Crippen LogP contribution < -0.4 is 10.1 Å². The SMILES string of the molecule is CCNC(c1cccc(OC2CC2)c1)C1(C)CCCC1. The Balaban J connectivity index is 1.82. The first-order valence-corrected chi connectivity index (χ1v) is 8.21. The molecule has 2 aliphatic carbocycles. The van der Waals surface area contributed by atoms with Crippen LogP contribution in [0, 0.1) is 5.41 Å². The quantitative estimate of drug-likeness (QED) is 0.826. The summed E-state index contributed by atoms with van der Waals surface area (Å²) in [6.45, 7) is 5.67. The highest BCUT2D eigenvalue weighted by Gasteiger charge is 2.37. The van der Waals surface area contributed by atoms with Gasteiger partial charge in [0, 0.05) is 6.04 Å². The third-order valence-electron chi connectivity index (χ3n) is 4.87. The van der Waals surface area contributed by atoms with E-state index in [1.165, 1.54) is 44.1 Å². The molecule has 0 spiro atoms. The maximum Gasteiger partial charge on any atom is 0.120 e. The molecule has 2 saturated carbocycles. The summed E-state index contributed by atoms with van der Waals surface area (Å²) < 4.78 is 5.96. The minimum Gasteiger partial charge on any atom is -0.490 e. The van der Waals surface area contributed by atoms with Gasteiger partial charge >= 0.3 is 0 Å². The fourth-order valence-electron chi connectivity index (χ4n) is 3.59. The zero-order chi connectivity index (χ0) is 14.0. The highest BCUT2D eigenvalue weighted by molar-refractivity contribution is 5.32. The van der Waals surface area contributed by atoms with Crippen molar-refractivity contribution in [3.63, 3.8) is 0 Å². The third-order valence-corrected chi connectivity index (χ3v) is 4.87. The van der Waals surface area contributed by atoms with E-state index in [-0.39, 0.29) is 0 Å². The predicted molar refractivity (Wildman–Crippen MR) is 83.1 cm³/mol. The summed E-state index contributed by atoms with van der Waals surface area (Å²) in [5, 5.41) is 3.72. The van der Waals surface area contributed by atoms with Crippen LogP contribution in [0.1, 0.15) is 64.0 Å². The summed E-state index contributed by atoms with van der Waals surface area (Å²) >= 11 is 0. The molecular formula is C18H27NO. The van der Waals surface area contributed by atoms with Gasteiger partial charge < -0.3 is 10.1 Å². The lowest BCUT2D eigenvalue weighted by Gasteiger charge is -2.35. The van der Waals surface area contributed by atoms with Gasteiger partial charge in [-0.3, -0.25) is 0 Å². The Bertz CT molecular complexity index is 446. The Labute approximate surface area is 122 Å². The molecule has 0 radical (unpaired) electrons. The lowest BCUT2D eigenvalue weighted by Crippen LogP contribution is -2.34. The van der Waals surface area contributed by atoms with Crippen molar-refractivity contribution < 1.29 is 4.74 Å². The molecule has 1 N–H and O–H groups in total. The van der Waals surface area contributed by atoms with E-state index < -0.39 is 0 Å². The molecule has 1 atom stereocenters. The molecular weight excluding hydrogens is 246 g/mol. The normalized spacial score (nSPS) is 22.7. The first-order valence-electron chi connectivity index (χ1n) is 8.21. The van der Waals surface area contributed by atoms with Crippen molar-refractivity contribution in [1.29, 1.82) is 0 Å². The van der Waals surface area contributed by atoms with Crippen molar-refractivity contribution in [2.75, 3.05) is 6.54 Å². The zero-order valence-electron chi connectivity index (χ0n) is 12.8. The standard InChI is InChI=1S/C18H27NO/c1-3-19-17(18(2)11-4-5-12-18)14-7-6-8-16(13-14)20-15-9-10-15/h6-8,13,15,17,19H,3-5,9-12H2,1-2H3. The first kappa shape index (κ1) is 13.9. The molecule has 0 bridgehead atoms. The van der Waals surface area contributed by atoms with Gasteiger partial charge in [0.05, 0.1) is 6.10 Å². The van der Waals surface area contributed by atoms with Crippen LogP contribution in [0.25, 0.3) is 0 Å². The third kappa shape index (κ3) is 3.01. The number of ether oxygens (including phenoxy) is 1. The van der Waals surface area contributed by atoms with Gasteiger partial charge in [0.15, 0.2) is 0 Å². The van der Waals surface area contributed by atoms with Crippen molar-refractivity contribution in [3.05, 3.63) is 29.8 Å². The molecule has 2 fully saturated rings. The minimum atomic E-state index is 0.397. The number of rotatable bonds is 6. The van der Waals surface area contributed by atoms with Crippen LogP contribution in [0.4, 0.5) is 0 Å². The second kappa shape index (κ2) is 5.77. The van der Waals surface area contributed by atoms with E-state index in [0.717, 1.165) is 12.3 Å². The maximum absolute atomic E-state index is 5.96. The van der Waals surface area contributed by atoms with Gasteiger partial charge in [-0.2, -0.15) is 0 Å². The molecule has 0 amide bonds. The van der Waals surface area contributed by atoms with Gasteiger partial charge in [-0.15, -0.1) is 0 Å². The lowest BCUT2D eigenvalue weighted by molar-refractivity contribution is 0.225. The fourth-order valence-corrected chi connectivity index (χ4v) is 3.59. The second-order valence-electron chi connectivity index (χ2n) is 6.74. The Morgan fingerprint density at radius 1 is 1.30 bits per heavy atom. The van der Waals surface area contributed by atoms with Gasteiger partial charge in [-0.1, -0.05) is 38.8 Å². The molecule has 2 heteroatoms. The first-order chi connectivity index (χ1) is 9.71. The van der Waals surface area contributed by atoms with Gasteiger partial charge in [-0.05, 0) is 55.3 Å². The molecule has 1 aromatic carbocycles. The van der Waals surface area contributed by atoms with Crippen LogP contribution in [0.3, 0.4) is 0 Å². The fraction of sp³-hybridized carbons (Fsp3) is 0.667. The largest absolute Gasteiger partial charge is 0.490 e. The molecule has 2 nitrogen and oxygen atoms in total. The van der Waals surface area contributed by atoms with E-state index in [1.54, 1.807) is 0 Å². The van der Waals surface area contributed by atoms with Crippen molar-refractivity contribution in [3.8, 4) is 5.75 Å². The molecule has 0 saturated heterocycles. The number of nitrogens with one attached hydrogen (secondary N) is 1. The molecule has 1 aromatic rings. The van der Waals surface area contributed by atoms with E-state index >= 15 is 0 Å². The van der Waals surface area contributed by atoms with Crippen LogP contribution >= 0.6 is 0 Å². The van der Waals surface area contributed by atoms with Crippen LogP contribution in [-0.4, -0.2) is 12.6 Å². The van der Waals surface area contributed by atoms with E-state index in [1.807, 2.05) is 0 Å². The molecule has 3 rings (SSSR count). The monoisotopic (exact) mass is 273 g/mol. The number of hydrogen-bond acceptors (Lipinski definition) is 2. The van der Waals surface area contributed by atoms with Crippen molar-refractivity contribution in [1.82, 2.24) is 5.32 Å². The highest BCUT2D eigenvalue weighted by Crippen LogP contribution is 2.47. The Kier molecular flexibility index (Phi) is 4.02. The predicted octanol–water partition coefficient (Wildman–Crippen LogP) is 4.46. The Morgan fingerprint density at radius 3 is 2.70 bits per heavy atom. The lowest BCUT2D eigenvalue weighted by atomic mass is 9.77. The Hall–Kier alpha value is -1.02. The molecule has 0 heterocycles. The van der Waals surface area contributed by atoms with Crippen molar-refractivity contribution in [2.45, 2.75) is 64.5 Å². The minimum absolute atomic E-state index is 0.397. The average Bonchev–Trinajstić information content (AvgIpc) is 3.15. The van der Waals surface area contributed by atoms with Crippen molar-refractivity contribution >= 4 is 0 Å². The molecule has 0 aliphatic heterocycles. The number of benzene rings is 1. The van der Waals surface area contributed by atoms with Crippen LogP contribution in [0.5, 0.6) is 5.75 Å². The summed E-state index contributed by atoms with van der Waals surface area (Å²) in [7, 11) is 0. The summed E-state index contributed by atoms with van der Waals surface area (Å²) in [6, 6.07) is 9.22. The van der Waals surface area contributed by atoms with Crippen LogP contribution in [0.2, 0.25) is 0 Å². The topological polar surface area (TPSA) is 21.3 Å². The van der Waals surface area contributed by atoms with E-state index in [2.05, 4.69) is 43.4 Å². The highest BCUT2D eigenvalue weighted by atomic mass is 16.5. The second-order valence-corrected chi connectivity index (χ2v) is 6.74. The molecule has 110 valence electrons. The maximum atomic E-state index is 5.96. The molecule has 2 aliphatic rings. The zero-order valence-corrected chi connectivity index (χ0v) is 12.8. The van der Waals surface area contributed by atoms with Crippen LogP contribution in [0.15, 0.2) is 24.3 Å². The average molecular weight is 273 g/mol. The van der Waals surface area contributed by atoms with E-state index in [0.29, 0.717) is 17.6 Å². The van der Waals surface area contributed by atoms with Crippen LogP contribution in [-0.2, 0) is 0 Å². The summed E-state index contributed by atoms with van der Waals surface area (Å²) in [5.74, 6) is 1.05. The smallest absolute Gasteiger partial charge is 0.120 e. The van der Waals surface area contributed by atoms with Gasteiger partial charge in [-0.25, -0.2) is 0 Å². The molecule has 1 unspecified atom stereocenters. The Morgan fingerprint density at radius 2 is 2.05 bits per heavy atom. The summed E-state index contributed by atoms with van der Waals surface area (Å²) in [5.41, 5.74) is 1.79. The molecule has 20 heavy (non-hydrogen) atoms. The van der Waals surface area contributed by atoms with Gasteiger partial charge in [0.2, 0.25) is 0 Å². The molecule has 0 aromatic heterocycles. The number of hydrogen-bond donors (Lipinski definition) is 1.